The van der Waals surface area contributed by atoms with E-state index in [1.807, 2.05) is 27.2 Å². The highest BCUT2D eigenvalue weighted by molar-refractivity contribution is 7.32. The van der Waals surface area contributed by atoms with Crippen LogP contribution in [0, 0.1) is 0 Å². The Hall–Kier alpha value is -1.73. The van der Waals surface area contributed by atoms with Gasteiger partial charge in [-0.3, -0.25) is 9.36 Å². The van der Waals surface area contributed by atoms with Gasteiger partial charge in [0.15, 0.2) is 0 Å². The van der Waals surface area contributed by atoms with Crippen LogP contribution in [-0.2, 0) is 0 Å². The van der Waals surface area contributed by atoms with Crippen molar-refractivity contribution >= 4 is 71.7 Å². The number of carbonyl (C=O) groups is 1. The van der Waals surface area contributed by atoms with Gasteiger partial charge in [0, 0.05) is 25.9 Å². The summed E-state index contributed by atoms with van der Waals surface area (Å²) in [6.07, 6.45) is 6.45. The van der Waals surface area contributed by atoms with Crippen LogP contribution < -0.4 is 0 Å². The molecule has 0 bridgehead atoms. The number of carbonyl (C=O) groups excluding carboxylic acids is 1. The van der Waals surface area contributed by atoms with Gasteiger partial charge in [-0.05, 0) is 41.4 Å². The van der Waals surface area contributed by atoms with E-state index in [4.69, 9.17) is 0 Å². The van der Waals surface area contributed by atoms with E-state index in [1.54, 1.807) is 22.7 Å². The molecule has 2 nitrogen and oxygen atoms in total. The van der Waals surface area contributed by atoms with E-state index in [9.17, 15) is 4.79 Å². The number of hydrogen-bond donors (Lipinski definition) is 0. The van der Waals surface area contributed by atoms with Crippen LogP contribution in [0.3, 0.4) is 0 Å². The Bertz CT molecular complexity index is 1180. The zero-order chi connectivity index (χ0) is 20.5. The summed E-state index contributed by atoms with van der Waals surface area (Å²) < 4.78 is 4.51. The number of nitrogens with zero attached hydrogens (tertiary/aromatic N) is 1. The van der Waals surface area contributed by atoms with Crippen molar-refractivity contribution in [2.24, 2.45) is 0 Å². The first kappa shape index (κ1) is 20.2. The highest BCUT2D eigenvalue weighted by Gasteiger charge is 2.22. The van der Waals surface area contributed by atoms with Gasteiger partial charge >= 0.3 is 0 Å². The van der Waals surface area contributed by atoms with Crippen molar-refractivity contribution in [3.05, 3.63) is 47.2 Å². The van der Waals surface area contributed by atoms with Crippen LogP contribution in [0.15, 0.2) is 47.2 Å². The number of hydrogen-bond acceptors (Lipinski definition) is 5. The molecule has 0 radical (unpaired) electrons. The monoisotopic (exact) mass is 469 g/mol. The molecular weight excluding hydrogens is 447 g/mol. The largest absolute Gasteiger partial charge is 0.278 e. The van der Waals surface area contributed by atoms with E-state index in [1.165, 1.54) is 48.2 Å². The summed E-state index contributed by atoms with van der Waals surface area (Å²) in [7, 11) is 0. The first-order valence-corrected chi connectivity index (χ1v) is 13.8. The van der Waals surface area contributed by atoms with E-state index in [2.05, 4.69) is 54.1 Å². The van der Waals surface area contributed by atoms with Crippen LogP contribution >= 0.6 is 45.3 Å². The zero-order valence-electron chi connectivity index (χ0n) is 16.8. The molecule has 30 heavy (non-hydrogen) atoms. The average molecular weight is 470 g/mol. The summed E-state index contributed by atoms with van der Waals surface area (Å²) in [5.74, 6) is 0.234. The minimum Gasteiger partial charge on any atom is -0.278 e. The first-order valence-electron chi connectivity index (χ1n) is 10.4. The normalized spacial score (nSPS) is 11.8. The maximum Gasteiger partial charge on any atom is 0.231 e. The molecule has 0 unspecified atom stereocenters. The van der Waals surface area contributed by atoms with E-state index < -0.39 is 0 Å². The SMILES string of the molecule is CCCCCCCC(=O)n1c2cc(-c3cccs3)sc2c2sc(-c3cccs3)cc21. The minimum absolute atomic E-state index is 0.234. The van der Waals surface area contributed by atoms with Crippen LogP contribution in [0.2, 0.25) is 0 Å². The fourth-order valence-corrected chi connectivity index (χ4v) is 7.97. The van der Waals surface area contributed by atoms with Crippen LogP contribution in [0.1, 0.15) is 50.2 Å². The standard InChI is InChI=1S/C24H23NOS4/c1-2-3-4-5-6-11-22(26)25-16-14-20(18-9-7-12-27-18)29-23(16)24-17(25)15-21(30-24)19-10-8-13-28-19/h7-10,12-15H,2-6,11H2,1H3. The summed E-state index contributed by atoms with van der Waals surface area (Å²) >= 11 is 7.16. The molecule has 0 amide bonds. The van der Waals surface area contributed by atoms with Gasteiger partial charge in [0.05, 0.1) is 20.4 Å². The Morgan fingerprint density at radius 3 is 1.87 bits per heavy atom. The molecule has 5 aromatic heterocycles. The van der Waals surface area contributed by atoms with E-state index in [0.717, 1.165) is 23.9 Å². The summed E-state index contributed by atoms with van der Waals surface area (Å²) in [5.41, 5.74) is 2.17. The maximum absolute atomic E-state index is 13.3. The van der Waals surface area contributed by atoms with Gasteiger partial charge in [-0.1, -0.05) is 44.7 Å². The molecule has 0 fully saturated rings. The molecule has 0 atom stereocenters. The fraction of sp³-hybridized carbons (Fsp3) is 0.292. The second-order valence-electron chi connectivity index (χ2n) is 7.50. The molecule has 5 heterocycles. The second kappa shape index (κ2) is 8.79. The van der Waals surface area contributed by atoms with Gasteiger partial charge in [-0.15, -0.1) is 45.3 Å². The minimum atomic E-state index is 0.234. The molecule has 6 heteroatoms. The smallest absolute Gasteiger partial charge is 0.231 e. The summed E-state index contributed by atoms with van der Waals surface area (Å²) in [4.78, 5) is 18.4. The predicted octanol–water partition coefficient (Wildman–Crippen LogP) is 9.38. The third-order valence-electron chi connectivity index (χ3n) is 5.38. The molecule has 0 N–H and O–H groups in total. The van der Waals surface area contributed by atoms with Gasteiger partial charge in [-0.25, -0.2) is 0 Å². The summed E-state index contributed by atoms with van der Waals surface area (Å²) in [5, 5.41) is 4.23. The van der Waals surface area contributed by atoms with Crippen molar-refractivity contribution in [1.82, 2.24) is 4.57 Å². The number of thiophene rings is 4. The van der Waals surface area contributed by atoms with Crippen molar-refractivity contribution < 1.29 is 4.79 Å². The number of aromatic nitrogens is 1. The van der Waals surface area contributed by atoms with Crippen molar-refractivity contribution in [2.45, 2.75) is 45.4 Å². The summed E-state index contributed by atoms with van der Waals surface area (Å²) in [6.45, 7) is 2.22. The molecule has 0 saturated carbocycles. The van der Waals surface area contributed by atoms with Crippen LogP contribution in [-0.4, -0.2) is 10.5 Å². The highest BCUT2D eigenvalue weighted by Crippen LogP contribution is 2.46. The van der Waals surface area contributed by atoms with Crippen LogP contribution in [0.5, 0.6) is 0 Å². The lowest BCUT2D eigenvalue weighted by molar-refractivity contribution is 0.0909. The predicted molar refractivity (Wildman–Crippen MR) is 136 cm³/mol. The topological polar surface area (TPSA) is 22.0 Å². The number of unbranched alkanes of at least 4 members (excludes halogenated alkanes) is 4. The lowest BCUT2D eigenvalue weighted by atomic mass is 10.1. The quantitative estimate of drug-likeness (QED) is 0.207. The maximum atomic E-state index is 13.3. The fourth-order valence-electron chi connectivity index (χ4n) is 3.89. The third kappa shape index (κ3) is 3.71. The average Bonchev–Trinajstić information content (AvgIpc) is 3.54. The van der Waals surface area contributed by atoms with Gasteiger partial charge < -0.3 is 0 Å². The second-order valence-corrected chi connectivity index (χ2v) is 11.5. The van der Waals surface area contributed by atoms with Crippen LogP contribution in [0.4, 0.5) is 0 Å². The molecule has 5 rings (SSSR count). The molecule has 154 valence electrons. The lowest BCUT2D eigenvalue weighted by Gasteiger charge is -2.05. The van der Waals surface area contributed by atoms with Crippen molar-refractivity contribution in [3.8, 4) is 19.5 Å². The third-order valence-corrected chi connectivity index (χ3v) is 9.93. The van der Waals surface area contributed by atoms with Gasteiger partial charge in [-0.2, -0.15) is 0 Å². The molecule has 0 aliphatic heterocycles. The molecule has 0 saturated heterocycles. The summed E-state index contributed by atoms with van der Waals surface area (Å²) in [6, 6.07) is 13.0. The van der Waals surface area contributed by atoms with Gasteiger partial charge in [0.1, 0.15) is 0 Å². The Labute approximate surface area is 192 Å². The number of fused-ring (bicyclic) bond motifs is 3. The van der Waals surface area contributed by atoms with E-state index >= 15 is 0 Å². The number of rotatable bonds is 8. The Balaban J connectivity index is 1.57. The Kier molecular flexibility index (Phi) is 5.92. The van der Waals surface area contributed by atoms with E-state index in [-0.39, 0.29) is 5.91 Å². The first-order chi connectivity index (χ1) is 14.8. The molecule has 5 aromatic rings. The Morgan fingerprint density at radius 1 is 0.800 bits per heavy atom. The van der Waals surface area contributed by atoms with Crippen molar-refractivity contribution in [2.75, 3.05) is 0 Å². The Morgan fingerprint density at radius 2 is 1.37 bits per heavy atom. The zero-order valence-corrected chi connectivity index (χ0v) is 20.1. The lowest BCUT2D eigenvalue weighted by Crippen LogP contribution is -2.09. The van der Waals surface area contributed by atoms with Gasteiger partial charge in [0.2, 0.25) is 5.91 Å². The van der Waals surface area contributed by atoms with E-state index in [0.29, 0.717) is 6.42 Å². The van der Waals surface area contributed by atoms with Crippen LogP contribution in [0.25, 0.3) is 39.9 Å². The molecule has 0 aliphatic carbocycles. The van der Waals surface area contributed by atoms with Crippen molar-refractivity contribution in [3.63, 3.8) is 0 Å². The molecule has 0 aliphatic rings. The van der Waals surface area contributed by atoms with Gasteiger partial charge in [0.25, 0.3) is 0 Å². The van der Waals surface area contributed by atoms with Crippen molar-refractivity contribution in [1.29, 1.82) is 0 Å². The molecule has 0 aromatic carbocycles. The highest BCUT2D eigenvalue weighted by atomic mass is 32.1. The molecular formula is C24H23NOS4. The molecule has 0 spiro atoms.